The van der Waals surface area contributed by atoms with Crippen LogP contribution < -0.4 is 9.81 Å². The fourth-order valence-electron chi connectivity index (χ4n) is 2.50. The molecule has 0 spiro atoms. The third-order valence-corrected chi connectivity index (χ3v) is 5.17. The summed E-state index contributed by atoms with van der Waals surface area (Å²) in [5.41, 5.74) is 0.236. The Morgan fingerprint density at radius 2 is 1.77 bits per heavy atom. The summed E-state index contributed by atoms with van der Waals surface area (Å²) >= 11 is 0. The molecule has 1 aromatic heterocycles. The van der Waals surface area contributed by atoms with Crippen LogP contribution in [0.5, 0.6) is 5.75 Å². The van der Waals surface area contributed by atoms with Crippen LogP contribution in [0.25, 0.3) is 11.0 Å². The quantitative estimate of drug-likeness (QED) is 0.298. The minimum atomic E-state index is -4.31. The molecular formula is C17H13NO7S. The summed E-state index contributed by atoms with van der Waals surface area (Å²) in [5, 5.41) is 11.5. The van der Waals surface area contributed by atoms with Gasteiger partial charge in [-0.3, -0.25) is 10.1 Å². The highest BCUT2D eigenvalue weighted by Gasteiger charge is 2.23. The Morgan fingerprint density at radius 3 is 2.46 bits per heavy atom. The highest BCUT2D eigenvalue weighted by atomic mass is 32.2. The molecule has 0 unspecified atom stereocenters. The zero-order valence-corrected chi connectivity index (χ0v) is 14.6. The summed E-state index contributed by atoms with van der Waals surface area (Å²) in [7, 11) is -4.31. The first-order valence-corrected chi connectivity index (χ1v) is 8.82. The summed E-state index contributed by atoms with van der Waals surface area (Å²) in [5.74, 6) is -0.0721. The van der Waals surface area contributed by atoms with Gasteiger partial charge in [0.2, 0.25) is 0 Å². The minimum Gasteiger partial charge on any atom is -0.423 e. The standard InChI is InChI=1S/C17H13NO7S/c1-10-3-4-12(18(20)21)8-16(10)26(22,23)25-13-5-6-14-11(2)7-17(19)24-15(14)9-13/h3-9H,1-2H3. The van der Waals surface area contributed by atoms with Crippen molar-refractivity contribution in [2.45, 2.75) is 18.7 Å². The monoisotopic (exact) mass is 375 g/mol. The van der Waals surface area contributed by atoms with E-state index in [2.05, 4.69) is 0 Å². The molecule has 0 atom stereocenters. The van der Waals surface area contributed by atoms with E-state index in [0.717, 1.165) is 6.07 Å². The molecule has 3 rings (SSSR count). The molecule has 0 aliphatic heterocycles. The molecule has 8 nitrogen and oxygen atoms in total. The van der Waals surface area contributed by atoms with E-state index < -0.39 is 20.7 Å². The number of hydrogen-bond acceptors (Lipinski definition) is 7. The summed E-state index contributed by atoms with van der Waals surface area (Å²) < 4.78 is 35.2. The Bertz CT molecular complexity index is 1200. The van der Waals surface area contributed by atoms with Crippen molar-refractivity contribution in [1.82, 2.24) is 0 Å². The molecular weight excluding hydrogens is 362 g/mol. The average Bonchev–Trinajstić information content (AvgIpc) is 2.53. The maximum Gasteiger partial charge on any atom is 0.339 e. The fourth-order valence-corrected chi connectivity index (χ4v) is 3.67. The van der Waals surface area contributed by atoms with Crippen LogP contribution in [-0.2, 0) is 10.1 Å². The largest absolute Gasteiger partial charge is 0.423 e. The number of nitro groups is 1. The smallest absolute Gasteiger partial charge is 0.339 e. The van der Waals surface area contributed by atoms with Crippen molar-refractivity contribution in [3.63, 3.8) is 0 Å². The van der Waals surface area contributed by atoms with Gasteiger partial charge in [0, 0.05) is 29.7 Å². The number of non-ortho nitro benzene ring substituents is 1. The summed E-state index contributed by atoms with van der Waals surface area (Å²) in [6.07, 6.45) is 0. The molecule has 0 radical (unpaired) electrons. The maximum absolute atomic E-state index is 12.5. The Kier molecular flexibility index (Phi) is 4.25. The molecule has 1 heterocycles. The normalized spacial score (nSPS) is 11.5. The van der Waals surface area contributed by atoms with Crippen LogP contribution >= 0.6 is 0 Å². The average molecular weight is 375 g/mol. The molecule has 0 fully saturated rings. The van der Waals surface area contributed by atoms with Gasteiger partial charge in [-0.25, -0.2) is 4.79 Å². The van der Waals surface area contributed by atoms with E-state index in [1.807, 2.05) is 0 Å². The van der Waals surface area contributed by atoms with Gasteiger partial charge in [0.05, 0.1) is 4.92 Å². The second-order valence-corrected chi connectivity index (χ2v) is 7.17. The summed E-state index contributed by atoms with van der Waals surface area (Å²) in [4.78, 5) is 21.4. The minimum absolute atomic E-state index is 0.0721. The molecule has 0 aliphatic rings. The van der Waals surface area contributed by atoms with Gasteiger partial charge in [0.1, 0.15) is 16.2 Å². The van der Waals surface area contributed by atoms with Crippen LogP contribution in [0.2, 0.25) is 0 Å². The van der Waals surface area contributed by atoms with Crippen molar-refractivity contribution in [3.05, 3.63) is 74.1 Å². The van der Waals surface area contributed by atoms with Crippen LogP contribution in [0.4, 0.5) is 5.69 Å². The number of benzene rings is 2. The lowest BCUT2D eigenvalue weighted by atomic mass is 10.1. The number of nitrogens with zero attached hydrogens (tertiary/aromatic N) is 1. The lowest BCUT2D eigenvalue weighted by Crippen LogP contribution is -2.12. The van der Waals surface area contributed by atoms with E-state index in [0.29, 0.717) is 16.5 Å². The fraction of sp³-hybridized carbons (Fsp3) is 0.118. The van der Waals surface area contributed by atoms with Gasteiger partial charge in [0.15, 0.2) is 0 Å². The molecule has 26 heavy (non-hydrogen) atoms. The van der Waals surface area contributed by atoms with E-state index in [-0.39, 0.29) is 21.9 Å². The van der Waals surface area contributed by atoms with Crippen molar-refractivity contribution in [3.8, 4) is 5.75 Å². The molecule has 9 heteroatoms. The topological polar surface area (TPSA) is 117 Å². The van der Waals surface area contributed by atoms with Gasteiger partial charge in [0.25, 0.3) is 5.69 Å². The number of hydrogen-bond donors (Lipinski definition) is 0. The zero-order valence-electron chi connectivity index (χ0n) is 13.8. The predicted octanol–water partition coefficient (Wildman–Crippen LogP) is 3.09. The van der Waals surface area contributed by atoms with Crippen LogP contribution in [0.1, 0.15) is 11.1 Å². The van der Waals surface area contributed by atoms with Crippen molar-refractivity contribution in [2.24, 2.45) is 0 Å². The maximum atomic E-state index is 12.5. The predicted molar refractivity (Wildman–Crippen MR) is 92.9 cm³/mol. The molecule has 0 N–H and O–H groups in total. The molecule has 2 aromatic carbocycles. The zero-order chi connectivity index (χ0) is 19.1. The van der Waals surface area contributed by atoms with Crippen LogP contribution in [0.15, 0.2) is 56.6 Å². The van der Waals surface area contributed by atoms with Crippen molar-refractivity contribution >= 4 is 26.8 Å². The highest BCUT2D eigenvalue weighted by Crippen LogP contribution is 2.27. The van der Waals surface area contributed by atoms with Gasteiger partial charge >= 0.3 is 15.7 Å². The number of rotatable bonds is 4. The van der Waals surface area contributed by atoms with Crippen LogP contribution in [-0.4, -0.2) is 13.3 Å². The molecule has 0 bridgehead atoms. The molecule has 134 valence electrons. The first-order chi connectivity index (χ1) is 12.2. The number of aryl methyl sites for hydroxylation is 2. The van der Waals surface area contributed by atoms with Gasteiger partial charge in [-0.15, -0.1) is 0 Å². The van der Waals surface area contributed by atoms with Crippen molar-refractivity contribution < 1.29 is 21.9 Å². The van der Waals surface area contributed by atoms with E-state index in [4.69, 9.17) is 8.60 Å². The second-order valence-electron chi connectivity index (χ2n) is 5.65. The Morgan fingerprint density at radius 1 is 1.04 bits per heavy atom. The van der Waals surface area contributed by atoms with Gasteiger partial charge in [-0.1, -0.05) is 6.07 Å². The first-order valence-electron chi connectivity index (χ1n) is 7.41. The van der Waals surface area contributed by atoms with E-state index in [1.165, 1.54) is 37.3 Å². The Labute approximate surface area is 147 Å². The summed E-state index contributed by atoms with van der Waals surface area (Å²) in [6, 6.07) is 9.08. The third-order valence-electron chi connectivity index (χ3n) is 3.78. The first kappa shape index (κ1) is 17.6. The van der Waals surface area contributed by atoms with Gasteiger partial charge < -0.3 is 8.60 Å². The van der Waals surface area contributed by atoms with E-state index >= 15 is 0 Å². The highest BCUT2D eigenvalue weighted by molar-refractivity contribution is 7.87. The number of fused-ring (bicyclic) bond motifs is 1. The number of nitro benzene ring substituents is 1. The van der Waals surface area contributed by atoms with Crippen LogP contribution in [0.3, 0.4) is 0 Å². The van der Waals surface area contributed by atoms with Gasteiger partial charge in [-0.2, -0.15) is 8.42 Å². The second kappa shape index (κ2) is 6.26. The SMILES string of the molecule is Cc1ccc([N+](=O)[O-])cc1S(=O)(=O)Oc1ccc2c(C)cc(=O)oc2c1. The van der Waals surface area contributed by atoms with Gasteiger partial charge in [-0.05, 0) is 37.1 Å². The van der Waals surface area contributed by atoms with Crippen molar-refractivity contribution in [1.29, 1.82) is 0 Å². The van der Waals surface area contributed by atoms with Crippen molar-refractivity contribution in [2.75, 3.05) is 0 Å². The molecule has 0 saturated heterocycles. The molecule has 0 aliphatic carbocycles. The Balaban J connectivity index is 2.05. The van der Waals surface area contributed by atoms with Crippen LogP contribution in [0, 0.1) is 24.0 Å². The lowest BCUT2D eigenvalue weighted by Gasteiger charge is -2.10. The Hall–Kier alpha value is -3.20. The van der Waals surface area contributed by atoms with E-state index in [9.17, 15) is 23.3 Å². The molecule has 0 amide bonds. The summed E-state index contributed by atoms with van der Waals surface area (Å²) in [6.45, 7) is 3.23. The third kappa shape index (κ3) is 3.29. The van der Waals surface area contributed by atoms with E-state index in [1.54, 1.807) is 13.0 Å². The lowest BCUT2D eigenvalue weighted by molar-refractivity contribution is -0.385. The molecule has 0 saturated carbocycles. The molecule has 3 aromatic rings.